The lowest BCUT2D eigenvalue weighted by molar-refractivity contribution is 0.521. The number of fused-ring (bicyclic) bond motifs is 1. The Morgan fingerprint density at radius 2 is 1.95 bits per heavy atom. The molecule has 0 aliphatic carbocycles. The highest BCUT2D eigenvalue weighted by molar-refractivity contribution is 6.17. The van der Waals surface area contributed by atoms with E-state index in [2.05, 4.69) is 10.2 Å². The molecule has 0 saturated heterocycles. The molecular weight excluding hydrogens is 274 g/mol. The summed E-state index contributed by atoms with van der Waals surface area (Å²) in [6, 6.07) is 2.54. The summed E-state index contributed by atoms with van der Waals surface area (Å²) in [5.74, 6) is -0.402. The van der Waals surface area contributed by atoms with Crippen LogP contribution in [0.5, 0.6) is 0 Å². The quantitative estimate of drug-likeness (QED) is 0.794. The van der Waals surface area contributed by atoms with Crippen LogP contribution in [0.25, 0.3) is 0 Å². The predicted molar refractivity (Wildman–Crippen MR) is 67.0 cm³/mol. The van der Waals surface area contributed by atoms with Crippen molar-refractivity contribution in [3.63, 3.8) is 0 Å². The molecule has 0 bridgehead atoms. The van der Waals surface area contributed by atoms with E-state index in [4.69, 9.17) is 11.6 Å². The van der Waals surface area contributed by atoms with Crippen molar-refractivity contribution in [3.05, 3.63) is 41.5 Å². The van der Waals surface area contributed by atoms with Gasteiger partial charge in [-0.25, -0.2) is 8.78 Å². The fraction of sp³-hybridized carbons (Fsp3) is 0.333. The fourth-order valence-corrected chi connectivity index (χ4v) is 2.41. The van der Waals surface area contributed by atoms with Gasteiger partial charge in [0.1, 0.15) is 23.6 Å². The van der Waals surface area contributed by atoms with E-state index in [9.17, 15) is 8.78 Å². The number of halogens is 3. The van der Waals surface area contributed by atoms with Gasteiger partial charge in [0.25, 0.3) is 0 Å². The second kappa shape index (κ2) is 4.77. The SMILES string of the molecule is Fc1cc(CCl)cc(F)c1N1CCn2cnnc2C1. The molecule has 0 saturated carbocycles. The number of anilines is 1. The molecule has 1 aromatic carbocycles. The van der Waals surface area contributed by atoms with E-state index < -0.39 is 11.6 Å². The third-order valence-corrected chi connectivity index (χ3v) is 3.49. The van der Waals surface area contributed by atoms with Gasteiger partial charge in [-0.05, 0) is 17.7 Å². The minimum absolute atomic E-state index is 0.0249. The van der Waals surface area contributed by atoms with E-state index in [0.717, 1.165) is 0 Å². The molecule has 0 unspecified atom stereocenters. The zero-order valence-corrected chi connectivity index (χ0v) is 10.7. The maximum Gasteiger partial charge on any atom is 0.152 e. The Morgan fingerprint density at radius 3 is 2.63 bits per heavy atom. The van der Waals surface area contributed by atoms with E-state index >= 15 is 0 Å². The Labute approximate surface area is 113 Å². The number of nitrogens with zero attached hydrogens (tertiary/aromatic N) is 4. The lowest BCUT2D eigenvalue weighted by Crippen LogP contribution is -2.34. The molecule has 0 amide bonds. The highest BCUT2D eigenvalue weighted by Gasteiger charge is 2.23. The van der Waals surface area contributed by atoms with Gasteiger partial charge in [0.15, 0.2) is 5.82 Å². The Kier molecular flexibility index (Phi) is 3.10. The zero-order chi connectivity index (χ0) is 13.4. The number of rotatable bonds is 2. The van der Waals surface area contributed by atoms with Gasteiger partial charge in [-0.3, -0.25) is 0 Å². The minimum atomic E-state index is -0.594. The highest BCUT2D eigenvalue weighted by atomic mass is 35.5. The van der Waals surface area contributed by atoms with E-state index in [1.165, 1.54) is 12.1 Å². The molecule has 19 heavy (non-hydrogen) atoms. The Hall–Kier alpha value is -1.69. The van der Waals surface area contributed by atoms with Gasteiger partial charge in [-0.2, -0.15) is 0 Å². The molecule has 3 rings (SSSR count). The van der Waals surface area contributed by atoms with Crippen molar-refractivity contribution >= 4 is 17.3 Å². The van der Waals surface area contributed by atoms with Gasteiger partial charge in [0.2, 0.25) is 0 Å². The smallest absolute Gasteiger partial charge is 0.152 e. The van der Waals surface area contributed by atoms with Crippen LogP contribution in [-0.2, 0) is 19.0 Å². The molecule has 1 aliphatic rings. The molecule has 4 nitrogen and oxygen atoms in total. The van der Waals surface area contributed by atoms with E-state index in [1.54, 1.807) is 11.2 Å². The first-order chi connectivity index (χ1) is 9.19. The van der Waals surface area contributed by atoms with Crippen molar-refractivity contribution in [2.75, 3.05) is 11.4 Å². The van der Waals surface area contributed by atoms with E-state index in [0.29, 0.717) is 31.0 Å². The van der Waals surface area contributed by atoms with Crippen LogP contribution in [0.1, 0.15) is 11.4 Å². The summed E-state index contributed by atoms with van der Waals surface area (Å²) >= 11 is 5.59. The molecule has 0 spiro atoms. The van der Waals surface area contributed by atoms with Crippen LogP contribution in [-0.4, -0.2) is 21.3 Å². The zero-order valence-electron chi connectivity index (χ0n) is 9.98. The van der Waals surface area contributed by atoms with Crippen molar-refractivity contribution in [2.24, 2.45) is 0 Å². The molecular formula is C12H11ClF2N4. The molecule has 2 aromatic rings. The van der Waals surface area contributed by atoms with Crippen LogP contribution in [0.2, 0.25) is 0 Å². The standard InChI is InChI=1S/C12H11ClF2N4/c13-5-8-3-9(14)12(10(15)4-8)18-1-2-19-7-16-17-11(19)6-18/h3-4,7H,1-2,5-6H2. The van der Waals surface area contributed by atoms with Crippen molar-refractivity contribution in [2.45, 2.75) is 19.0 Å². The molecule has 0 atom stereocenters. The van der Waals surface area contributed by atoms with Gasteiger partial charge >= 0.3 is 0 Å². The Morgan fingerprint density at radius 1 is 1.21 bits per heavy atom. The first-order valence-electron chi connectivity index (χ1n) is 5.84. The maximum atomic E-state index is 14.0. The molecule has 100 valence electrons. The molecule has 0 N–H and O–H groups in total. The van der Waals surface area contributed by atoms with Gasteiger partial charge in [0.05, 0.1) is 6.54 Å². The van der Waals surface area contributed by atoms with Gasteiger partial charge in [-0.15, -0.1) is 21.8 Å². The second-order valence-corrected chi connectivity index (χ2v) is 4.67. The van der Waals surface area contributed by atoms with Crippen molar-refractivity contribution in [3.8, 4) is 0 Å². The van der Waals surface area contributed by atoms with E-state index in [1.807, 2.05) is 4.57 Å². The van der Waals surface area contributed by atoms with Crippen molar-refractivity contribution < 1.29 is 8.78 Å². The third-order valence-electron chi connectivity index (χ3n) is 3.19. The lowest BCUT2D eigenvalue weighted by atomic mass is 10.1. The molecule has 0 fully saturated rings. The van der Waals surface area contributed by atoms with Crippen LogP contribution < -0.4 is 4.90 Å². The first kappa shape index (κ1) is 12.3. The van der Waals surface area contributed by atoms with Crippen LogP contribution in [0, 0.1) is 11.6 Å². The van der Waals surface area contributed by atoms with Gasteiger partial charge in [0, 0.05) is 19.0 Å². The van der Waals surface area contributed by atoms with Gasteiger partial charge in [-0.1, -0.05) is 0 Å². The number of benzene rings is 1. The predicted octanol–water partition coefficient (Wildman–Crippen LogP) is 2.32. The van der Waals surface area contributed by atoms with Crippen LogP contribution in [0.4, 0.5) is 14.5 Å². The molecule has 7 heteroatoms. The van der Waals surface area contributed by atoms with Crippen LogP contribution in [0.3, 0.4) is 0 Å². The number of aromatic nitrogens is 3. The number of hydrogen-bond donors (Lipinski definition) is 0. The fourth-order valence-electron chi connectivity index (χ4n) is 2.25. The normalized spacial score (nSPS) is 14.6. The average molecular weight is 285 g/mol. The first-order valence-corrected chi connectivity index (χ1v) is 6.38. The number of alkyl halides is 1. The monoisotopic (exact) mass is 284 g/mol. The summed E-state index contributed by atoms with van der Waals surface area (Å²) in [5, 5.41) is 7.72. The van der Waals surface area contributed by atoms with Crippen molar-refractivity contribution in [1.82, 2.24) is 14.8 Å². The number of hydrogen-bond acceptors (Lipinski definition) is 3. The van der Waals surface area contributed by atoms with Crippen LogP contribution >= 0.6 is 11.6 Å². The van der Waals surface area contributed by atoms with Crippen molar-refractivity contribution in [1.29, 1.82) is 0 Å². The lowest BCUT2D eigenvalue weighted by Gasteiger charge is -2.29. The highest BCUT2D eigenvalue weighted by Crippen LogP contribution is 2.28. The molecule has 1 aliphatic heterocycles. The molecule has 0 radical (unpaired) electrons. The molecule has 1 aromatic heterocycles. The van der Waals surface area contributed by atoms with E-state index in [-0.39, 0.29) is 11.6 Å². The topological polar surface area (TPSA) is 34.0 Å². The minimum Gasteiger partial charge on any atom is -0.357 e. The Bertz CT molecular complexity index is 591. The van der Waals surface area contributed by atoms with Gasteiger partial charge < -0.3 is 9.47 Å². The maximum absolute atomic E-state index is 14.0. The summed E-state index contributed by atoms with van der Waals surface area (Å²) in [5.41, 5.74) is 0.406. The summed E-state index contributed by atoms with van der Waals surface area (Å²) in [6.45, 7) is 1.46. The Balaban J connectivity index is 1.96. The molecule has 2 heterocycles. The largest absolute Gasteiger partial charge is 0.357 e. The summed E-state index contributed by atoms with van der Waals surface area (Å²) in [6.07, 6.45) is 1.62. The third kappa shape index (κ3) is 2.16. The summed E-state index contributed by atoms with van der Waals surface area (Å²) in [7, 11) is 0. The summed E-state index contributed by atoms with van der Waals surface area (Å²) in [4.78, 5) is 1.63. The van der Waals surface area contributed by atoms with Crippen LogP contribution in [0.15, 0.2) is 18.5 Å². The summed E-state index contributed by atoms with van der Waals surface area (Å²) < 4.78 is 29.9. The second-order valence-electron chi connectivity index (χ2n) is 4.40. The average Bonchev–Trinajstić information content (AvgIpc) is 2.85.